The van der Waals surface area contributed by atoms with E-state index in [2.05, 4.69) is 0 Å². The second-order valence-electron chi connectivity index (χ2n) is 5.49. The second-order valence-corrected chi connectivity index (χ2v) is 5.86. The molecule has 110 valence electrons. The molecular weight excluding hydrogens is 302 g/mol. The number of rotatable bonds is 2. The summed E-state index contributed by atoms with van der Waals surface area (Å²) in [5.41, 5.74) is 2.28. The number of furan rings is 1. The molecule has 1 aliphatic heterocycles. The van der Waals surface area contributed by atoms with Crippen molar-refractivity contribution in [1.82, 2.24) is 0 Å². The smallest absolute Gasteiger partial charge is 0.227 e. The Morgan fingerprint density at radius 2 is 1.91 bits per heavy atom. The largest absolute Gasteiger partial charge is 0.456 e. The van der Waals surface area contributed by atoms with Gasteiger partial charge in [0.15, 0.2) is 0 Å². The molecule has 0 saturated carbocycles. The summed E-state index contributed by atoms with van der Waals surface area (Å²) in [7, 11) is 0. The molecule has 22 heavy (non-hydrogen) atoms. The highest BCUT2D eigenvalue weighted by atomic mass is 35.5. The summed E-state index contributed by atoms with van der Waals surface area (Å²) in [6.45, 7) is 0.326. The SMILES string of the molecule is O=C(Cl)[C@@H]1CC(=O)N(c2ccc3c(c2)oc2ccccc23)C1. The van der Waals surface area contributed by atoms with E-state index in [4.69, 9.17) is 16.0 Å². The first-order chi connectivity index (χ1) is 10.6. The van der Waals surface area contributed by atoms with Gasteiger partial charge in [0.1, 0.15) is 11.2 Å². The van der Waals surface area contributed by atoms with Crippen LogP contribution in [0.2, 0.25) is 0 Å². The summed E-state index contributed by atoms with van der Waals surface area (Å²) in [6.07, 6.45) is 0.167. The fourth-order valence-corrected chi connectivity index (χ4v) is 3.14. The second kappa shape index (κ2) is 4.85. The minimum absolute atomic E-state index is 0.0885. The lowest BCUT2D eigenvalue weighted by atomic mass is 10.1. The molecule has 0 spiro atoms. The molecule has 3 aromatic rings. The highest BCUT2D eigenvalue weighted by Crippen LogP contribution is 2.33. The van der Waals surface area contributed by atoms with E-state index in [0.29, 0.717) is 6.54 Å². The Bertz CT molecular complexity index is 915. The third-order valence-corrected chi connectivity index (χ3v) is 4.43. The number of carbonyl (C=O) groups is 2. The summed E-state index contributed by atoms with van der Waals surface area (Å²) >= 11 is 5.51. The average Bonchev–Trinajstić information content (AvgIpc) is 3.07. The topological polar surface area (TPSA) is 50.5 Å². The zero-order chi connectivity index (χ0) is 15.3. The number of hydrogen-bond acceptors (Lipinski definition) is 3. The molecule has 1 aromatic heterocycles. The van der Waals surface area contributed by atoms with Gasteiger partial charge in [-0.1, -0.05) is 18.2 Å². The number of nitrogens with zero attached hydrogens (tertiary/aromatic N) is 1. The summed E-state index contributed by atoms with van der Waals surface area (Å²) in [5, 5.41) is 1.60. The van der Waals surface area contributed by atoms with Crippen LogP contribution in [0, 0.1) is 5.92 Å². The van der Waals surface area contributed by atoms with E-state index in [0.717, 1.165) is 27.6 Å². The highest BCUT2D eigenvalue weighted by Gasteiger charge is 2.34. The molecule has 4 nitrogen and oxygen atoms in total. The molecule has 5 heteroatoms. The lowest BCUT2D eigenvalue weighted by Crippen LogP contribution is -2.25. The third kappa shape index (κ3) is 1.99. The zero-order valence-corrected chi connectivity index (χ0v) is 12.3. The van der Waals surface area contributed by atoms with Crippen molar-refractivity contribution in [2.45, 2.75) is 6.42 Å². The highest BCUT2D eigenvalue weighted by molar-refractivity contribution is 6.64. The molecule has 1 amide bonds. The zero-order valence-electron chi connectivity index (χ0n) is 11.6. The Kier molecular flexibility index (Phi) is 2.94. The number of carbonyl (C=O) groups excluding carboxylic acids is 2. The molecule has 0 radical (unpaired) electrons. The maximum atomic E-state index is 12.1. The number of halogens is 1. The molecule has 0 N–H and O–H groups in total. The van der Waals surface area contributed by atoms with E-state index in [1.54, 1.807) is 4.90 Å². The first-order valence-electron chi connectivity index (χ1n) is 7.04. The van der Waals surface area contributed by atoms with Crippen LogP contribution in [0.5, 0.6) is 0 Å². The Morgan fingerprint density at radius 1 is 1.14 bits per heavy atom. The van der Waals surface area contributed by atoms with Crippen LogP contribution in [0.15, 0.2) is 46.9 Å². The molecule has 1 atom stereocenters. The van der Waals surface area contributed by atoms with Gasteiger partial charge in [0.25, 0.3) is 0 Å². The molecule has 2 aromatic carbocycles. The predicted molar refractivity (Wildman–Crippen MR) is 85.0 cm³/mol. The van der Waals surface area contributed by atoms with Gasteiger partial charge in [0.2, 0.25) is 11.1 Å². The fourth-order valence-electron chi connectivity index (χ4n) is 2.99. The molecule has 1 aliphatic rings. The standard InChI is InChI=1S/C17H12ClNO3/c18-17(21)10-7-16(20)19(9-10)11-5-6-13-12-3-1-2-4-14(12)22-15(13)8-11/h1-6,8,10H,7,9H2/t10-/m1/s1. The summed E-state index contributed by atoms with van der Waals surface area (Å²) < 4.78 is 5.83. The van der Waals surface area contributed by atoms with E-state index in [1.807, 2.05) is 42.5 Å². The average molecular weight is 314 g/mol. The van der Waals surface area contributed by atoms with Crippen LogP contribution in [0.4, 0.5) is 5.69 Å². The third-order valence-electron chi connectivity index (χ3n) is 4.12. The van der Waals surface area contributed by atoms with E-state index in [-0.39, 0.29) is 12.3 Å². The quantitative estimate of drug-likeness (QED) is 0.678. The number of fused-ring (bicyclic) bond motifs is 3. The van der Waals surface area contributed by atoms with Gasteiger partial charge in [-0.25, -0.2) is 0 Å². The van der Waals surface area contributed by atoms with Crippen LogP contribution < -0.4 is 4.90 Å². The van der Waals surface area contributed by atoms with Crippen molar-refractivity contribution in [3.05, 3.63) is 42.5 Å². The Hall–Kier alpha value is -2.33. The fraction of sp³-hybridized carbons (Fsp3) is 0.176. The van der Waals surface area contributed by atoms with E-state index < -0.39 is 11.2 Å². The number of benzene rings is 2. The predicted octanol–water partition coefficient (Wildman–Crippen LogP) is 3.70. The monoisotopic (exact) mass is 313 g/mol. The van der Waals surface area contributed by atoms with Gasteiger partial charge in [0, 0.05) is 35.5 Å². The molecule has 0 unspecified atom stereocenters. The summed E-state index contributed by atoms with van der Waals surface area (Å²) in [4.78, 5) is 24.9. The maximum Gasteiger partial charge on any atom is 0.227 e. The lowest BCUT2D eigenvalue weighted by Gasteiger charge is -2.15. The van der Waals surface area contributed by atoms with E-state index in [9.17, 15) is 9.59 Å². The minimum Gasteiger partial charge on any atom is -0.456 e. The van der Waals surface area contributed by atoms with Gasteiger partial charge in [-0.15, -0.1) is 0 Å². The number of para-hydroxylation sites is 1. The van der Waals surface area contributed by atoms with Crippen LogP contribution in [0.3, 0.4) is 0 Å². The molecule has 4 rings (SSSR count). The summed E-state index contributed by atoms with van der Waals surface area (Å²) in [5.74, 6) is -0.519. The van der Waals surface area contributed by atoms with Gasteiger partial charge in [0.05, 0.1) is 5.92 Å². The van der Waals surface area contributed by atoms with Gasteiger partial charge in [-0.2, -0.15) is 0 Å². The van der Waals surface area contributed by atoms with Gasteiger partial charge < -0.3 is 9.32 Å². The van der Waals surface area contributed by atoms with Crippen LogP contribution in [-0.4, -0.2) is 17.7 Å². The molecule has 0 bridgehead atoms. The van der Waals surface area contributed by atoms with Crippen molar-refractivity contribution in [2.75, 3.05) is 11.4 Å². The Balaban J connectivity index is 1.78. The molecule has 0 aliphatic carbocycles. The minimum atomic E-state index is -0.458. The van der Waals surface area contributed by atoms with Crippen molar-refractivity contribution in [2.24, 2.45) is 5.92 Å². The van der Waals surface area contributed by atoms with Gasteiger partial charge in [-0.3, -0.25) is 9.59 Å². The molecule has 1 saturated heterocycles. The maximum absolute atomic E-state index is 12.1. The van der Waals surface area contributed by atoms with Crippen LogP contribution in [0.1, 0.15) is 6.42 Å². The van der Waals surface area contributed by atoms with Crippen molar-refractivity contribution in [3.8, 4) is 0 Å². The van der Waals surface area contributed by atoms with Crippen LogP contribution in [-0.2, 0) is 9.59 Å². The van der Waals surface area contributed by atoms with Crippen LogP contribution >= 0.6 is 11.6 Å². The van der Waals surface area contributed by atoms with E-state index in [1.165, 1.54) is 0 Å². The number of hydrogen-bond donors (Lipinski definition) is 0. The first kappa shape index (κ1) is 13.3. The Labute approximate surface area is 131 Å². The number of amides is 1. The normalized spacial score (nSPS) is 18.5. The molecule has 2 heterocycles. The number of anilines is 1. The van der Waals surface area contributed by atoms with Gasteiger partial charge in [-0.05, 0) is 29.8 Å². The van der Waals surface area contributed by atoms with Crippen LogP contribution in [0.25, 0.3) is 21.9 Å². The molecular formula is C17H12ClNO3. The van der Waals surface area contributed by atoms with E-state index >= 15 is 0 Å². The Morgan fingerprint density at radius 3 is 2.68 bits per heavy atom. The van der Waals surface area contributed by atoms with Crippen molar-refractivity contribution in [3.63, 3.8) is 0 Å². The van der Waals surface area contributed by atoms with Crippen molar-refractivity contribution >= 4 is 50.4 Å². The summed E-state index contributed by atoms with van der Waals surface area (Å²) in [6, 6.07) is 13.5. The lowest BCUT2D eigenvalue weighted by molar-refractivity contribution is -0.120. The van der Waals surface area contributed by atoms with Crippen molar-refractivity contribution < 1.29 is 14.0 Å². The van der Waals surface area contributed by atoms with Gasteiger partial charge >= 0.3 is 0 Å². The first-order valence-corrected chi connectivity index (χ1v) is 7.42. The molecule has 1 fully saturated rings. The van der Waals surface area contributed by atoms with Crippen molar-refractivity contribution in [1.29, 1.82) is 0 Å².